The number of benzene rings is 1. The Balaban J connectivity index is 1.31. The van der Waals surface area contributed by atoms with Crippen LogP contribution in [0.2, 0.25) is 5.02 Å². The minimum Gasteiger partial charge on any atom is -0.341 e. The van der Waals surface area contributed by atoms with E-state index >= 15 is 0 Å². The molecule has 0 spiro atoms. The highest BCUT2D eigenvalue weighted by Crippen LogP contribution is 2.34. The number of rotatable bonds is 5. The molecule has 1 aliphatic heterocycles. The van der Waals surface area contributed by atoms with Gasteiger partial charge in [0.25, 0.3) is 5.91 Å². The van der Waals surface area contributed by atoms with E-state index in [-0.39, 0.29) is 23.7 Å². The molecule has 2 aromatic heterocycles. The van der Waals surface area contributed by atoms with Crippen LogP contribution in [0.5, 0.6) is 0 Å². The van der Waals surface area contributed by atoms with Gasteiger partial charge in [0.1, 0.15) is 11.5 Å². The van der Waals surface area contributed by atoms with Crippen molar-refractivity contribution in [2.24, 2.45) is 0 Å². The fourth-order valence-electron chi connectivity index (χ4n) is 4.21. The summed E-state index contributed by atoms with van der Waals surface area (Å²) in [5, 5.41) is 11.6. The summed E-state index contributed by atoms with van der Waals surface area (Å²) >= 11 is 5.88. The van der Waals surface area contributed by atoms with E-state index in [0.29, 0.717) is 22.4 Å². The van der Waals surface area contributed by atoms with E-state index in [1.807, 2.05) is 4.90 Å². The maximum atomic E-state index is 14.8. The first-order valence-corrected chi connectivity index (χ1v) is 11.0. The summed E-state index contributed by atoms with van der Waals surface area (Å²) in [4.78, 5) is 26.0. The van der Waals surface area contributed by atoms with Gasteiger partial charge in [-0.25, -0.2) is 14.4 Å². The van der Waals surface area contributed by atoms with Crippen molar-refractivity contribution in [2.45, 2.75) is 44.7 Å². The summed E-state index contributed by atoms with van der Waals surface area (Å²) in [6.07, 6.45) is 6.75. The molecule has 166 valence electrons. The SMILES string of the molecule is Cc1nnnn1-c1ccc(C(=O)N(C2CC2)C2CCN(c3ncc(Cl)cn3)CC2)cc1F. The molecule has 3 aromatic rings. The van der Waals surface area contributed by atoms with Crippen LogP contribution in [0.4, 0.5) is 10.3 Å². The molecule has 2 fully saturated rings. The average molecular weight is 457 g/mol. The summed E-state index contributed by atoms with van der Waals surface area (Å²) in [7, 11) is 0. The van der Waals surface area contributed by atoms with Crippen molar-refractivity contribution in [3.05, 3.63) is 52.8 Å². The fraction of sp³-hybridized carbons (Fsp3) is 0.429. The first-order valence-electron chi connectivity index (χ1n) is 10.6. The Hall–Kier alpha value is -3.14. The number of aryl methyl sites for hydroxylation is 1. The lowest BCUT2D eigenvalue weighted by atomic mass is 10.0. The molecule has 11 heteroatoms. The Kier molecular flexibility index (Phi) is 5.46. The van der Waals surface area contributed by atoms with Crippen LogP contribution < -0.4 is 4.90 Å². The number of nitrogens with zero attached hydrogens (tertiary/aromatic N) is 8. The molecule has 0 atom stereocenters. The third-order valence-electron chi connectivity index (χ3n) is 5.97. The van der Waals surface area contributed by atoms with Crippen LogP contribution in [0.25, 0.3) is 5.69 Å². The van der Waals surface area contributed by atoms with E-state index in [2.05, 4.69) is 30.4 Å². The Labute approximate surface area is 189 Å². The van der Waals surface area contributed by atoms with Gasteiger partial charge in [-0.15, -0.1) is 5.10 Å². The second kappa shape index (κ2) is 8.42. The summed E-state index contributed by atoms with van der Waals surface area (Å²) in [5.41, 5.74) is 0.561. The second-order valence-electron chi connectivity index (χ2n) is 8.17. The van der Waals surface area contributed by atoms with E-state index in [4.69, 9.17) is 11.6 Å². The van der Waals surface area contributed by atoms with Gasteiger partial charge in [0.05, 0.1) is 17.4 Å². The van der Waals surface area contributed by atoms with Crippen LogP contribution in [0, 0.1) is 12.7 Å². The van der Waals surface area contributed by atoms with E-state index in [1.165, 1.54) is 10.7 Å². The molecular weight excluding hydrogens is 435 g/mol. The van der Waals surface area contributed by atoms with Crippen molar-refractivity contribution in [3.8, 4) is 5.69 Å². The molecule has 9 nitrogen and oxygen atoms in total. The van der Waals surface area contributed by atoms with Crippen molar-refractivity contribution in [1.82, 2.24) is 35.1 Å². The third kappa shape index (κ3) is 4.02. The molecule has 5 rings (SSSR count). The predicted octanol–water partition coefficient (Wildman–Crippen LogP) is 2.83. The van der Waals surface area contributed by atoms with Crippen molar-refractivity contribution in [1.29, 1.82) is 0 Å². The molecule has 0 radical (unpaired) electrons. The highest BCUT2D eigenvalue weighted by Gasteiger charge is 2.39. The van der Waals surface area contributed by atoms with Crippen LogP contribution in [0.3, 0.4) is 0 Å². The summed E-state index contributed by atoms with van der Waals surface area (Å²) in [6.45, 7) is 3.18. The zero-order chi connectivity index (χ0) is 22.2. The van der Waals surface area contributed by atoms with Gasteiger partial charge in [0.15, 0.2) is 5.82 Å². The highest BCUT2D eigenvalue weighted by atomic mass is 35.5. The topological polar surface area (TPSA) is 92.9 Å². The molecule has 3 heterocycles. The zero-order valence-corrected chi connectivity index (χ0v) is 18.3. The summed E-state index contributed by atoms with van der Waals surface area (Å²) < 4.78 is 16.1. The average Bonchev–Trinajstić information content (AvgIpc) is 3.54. The molecule has 2 aliphatic rings. The highest BCUT2D eigenvalue weighted by molar-refractivity contribution is 6.30. The van der Waals surface area contributed by atoms with Crippen molar-refractivity contribution >= 4 is 23.5 Å². The monoisotopic (exact) mass is 456 g/mol. The van der Waals surface area contributed by atoms with Gasteiger partial charge in [-0.2, -0.15) is 4.68 Å². The maximum Gasteiger partial charge on any atom is 0.254 e. The van der Waals surface area contributed by atoms with Crippen molar-refractivity contribution < 1.29 is 9.18 Å². The smallest absolute Gasteiger partial charge is 0.254 e. The van der Waals surface area contributed by atoms with Crippen LogP contribution in [-0.2, 0) is 0 Å². The number of carbonyl (C=O) groups is 1. The van der Waals surface area contributed by atoms with Crippen molar-refractivity contribution in [2.75, 3.05) is 18.0 Å². The lowest BCUT2D eigenvalue weighted by Gasteiger charge is -2.39. The first-order chi connectivity index (χ1) is 15.5. The lowest BCUT2D eigenvalue weighted by Crippen LogP contribution is -2.48. The predicted molar refractivity (Wildman–Crippen MR) is 115 cm³/mol. The number of carbonyl (C=O) groups excluding carboxylic acids is 1. The second-order valence-corrected chi connectivity index (χ2v) is 8.60. The molecule has 1 aliphatic carbocycles. The van der Waals surface area contributed by atoms with Gasteiger partial charge < -0.3 is 9.80 Å². The molecule has 1 saturated carbocycles. The molecule has 32 heavy (non-hydrogen) atoms. The van der Waals surface area contributed by atoms with Gasteiger partial charge in [-0.1, -0.05) is 11.6 Å². The Morgan fingerprint density at radius 1 is 1.12 bits per heavy atom. The normalized spacial score (nSPS) is 16.9. The number of halogens is 2. The third-order valence-corrected chi connectivity index (χ3v) is 6.17. The Morgan fingerprint density at radius 2 is 1.81 bits per heavy atom. The quantitative estimate of drug-likeness (QED) is 0.582. The minimum atomic E-state index is -0.531. The zero-order valence-electron chi connectivity index (χ0n) is 17.5. The van der Waals surface area contributed by atoms with E-state index < -0.39 is 5.82 Å². The summed E-state index contributed by atoms with van der Waals surface area (Å²) in [5.74, 6) is 0.455. The summed E-state index contributed by atoms with van der Waals surface area (Å²) in [6, 6.07) is 4.80. The molecule has 1 aromatic carbocycles. The Morgan fingerprint density at radius 3 is 2.41 bits per heavy atom. The number of tetrazole rings is 1. The minimum absolute atomic E-state index is 0.100. The molecule has 1 saturated heterocycles. The first kappa shape index (κ1) is 20.7. The van der Waals surface area contributed by atoms with Crippen LogP contribution in [0.15, 0.2) is 30.6 Å². The molecule has 1 amide bonds. The molecule has 0 bridgehead atoms. The van der Waals surface area contributed by atoms with E-state index in [0.717, 1.165) is 38.8 Å². The molecule has 0 unspecified atom stereocenters. The number of piperidine rings is 1. The largest absolute Gasteiger partial charge is 0.341 e. The van der Waals surface area contributed by atoms with Crippen LogP contribution in [0.1, 0.15) is 41.9 Å². The lowest BCUT2D eigenvalue weighted by molar-refractivity contribution is 0.0630. The number of hydrogen-bond acceptors (Lipinski definition) is 7. The van der Waals surface area contributed by atoms with Gasteiger partial charge in [-0.05, 0) is 61.2 Å². The van der Waals surface area contributed by atoms with Crippen LogP contribution >= 0.6 is 11.6 Å². The van der Waals surface area contributed by atoms with Gasteiger partial charge in [0.2, 0.25) is 5.95 Å². The van der Waals surface area contributed by atoms with Gasteiger partial charge >= 0.3 is 0 Å². The van der Waals surface area contributed by atoms with Gasteiger partial charge in [-0.3, -0.25) is 4.79 Å². The number of amides is 1. The van der Waals surface area contributed by atoms with Crippen molar-refractivity contribution in [3.63, 3.8) is 0 Å². The number of hydrogen-bond donors (Lipinski definition) is 0. The van der Waals surface area contributed by atoms with Crippen LogP contribution in [-0.4, -0.2) is 66.2 Å². The fourth-order valence-corrected chi connectivity index (χ4v) is 4.31. The maximum absolute atomic E-state index is 14.8. The molecule has 0 N–H and O–H groups in total. The van der Waals surface area contributed by atoms with E-state index in [1.54, 1.807) is 31.5 Å². The standard InChI is InChI=1S/C21H22ClFN8O/c1-13-26-27-28-31(13)19-5-2-14(10-18(19)23)20(32)30(16-3-4-16)17-6-8-29(9-7-17)21-24-11-15(22)12-25-21/h2,5,10-12,16-17H,3-4,6-9H2,1H3. The van der Waals surface area contributed by atoms with Gasteiger partial charge in [0, 0.05) is 30.7 Å². The molecular formula is C21H22ClFN8O. The number of aromatic nitrogens is 6. The number of anilines is 1. The Bertz CT molecular complexity index is 1130. The van der Waals surface area contributed by atoms with E-state index in [9.17, 15) is 9.18 Å².